The van der Waals surface area contributed by atoms with Gasteiger partial charge < -0.3 is 4.55 Å². The molecule has 0 aromatic rings. The zero-order valence-corrected chi connectivity index (χ0v) is 17.3. The molecule has 0 heterocycles. The molecular formula is C19H37O3PS. The average molecular weight is 377 g/mol. The molecule has 142 valence electrons. The molecule has 0 atom stereocenters. The quantitative estimate of drug-likeness (QED) is 0.492. The summed E-state index contributed by atoms with van der Waals surface area (Å²) >= 11 is 0. The van der Waals surface area contributed by atoms with Crippen molar-refractivity contribution in [3.05, 3.63) is 0 Å². The van der Waals surface area contributed by atoms with Gasteiger partial charge >= 0.3 is 0 Å². The highest BCUT2D eigenvalue weighted by Crippen LogP contribution is 2.61. The smallest absolute Gasteiger partial charge is 0.0916 e. The summed E-state index contributed by atoms with van der Waals surface area (Å²) < 4.78 is 27.2. The Kier molecular flexibility index (Phi) is 9.02. The van der Waals surface area contributed by atoms with Crippen LogP contribution in [0.2, 0.25) is 0 Å². The summed E-state index contributed by atoms with van der Waals surface area (Å²) in [6.07, 6.45) is 24.4. The molecule has 5 heteroatoms. The van der Waals surface area contributed by atoms with E-state index in [4.69, 9.17) is 13.0 Å². The van der Waals surface area contributed by atoms with Crippen molar-refractivity contribution in [3.8, 4) is 0 Å². The first kappa shape index (κ1) is 20.6. The van der Waals surface area contributed by atoms with Gasteiger partial charge in [0.25, 0.3) is 0 Å². The second kappa shape index (κ2) is 10.5. The molecule has 3 aliphatic rings. The minimum atomic E-state index is -3.92. The van der Waals surface area contributed by atoms with Gasteiger partial charge in [0.15, 0.2) is 0 Å². The molecule has 0 saturated heterocycles. The molecule has 0 aliphatic heterocycles. The highest BCUT2D eigenvalue weighted by Gasteiger charge is 2.42. The van der Waals surface area contributed by atoms with Crippen LogP contribution in [0.4, 0.5) is 0 Å². The fourth-order valence-electron chi connectivity index (χ4n) is 5.31. The van der Waals surface area contributed by atoms with E-state index in [9.17, 15) is 0 Å². The van der Waals surface area contributed by atoms with E-state index in [1.807, 2.05) is 0 Å². The van der Waals surface area contributed by atoms with Crippen molar-refractivity contribution in [3.63, 3.8) is 0 Å². The number of hydrogen-bond acceptors (Lipinski definition) is 3. The number of hydrogen-bond donors (Lipinski definition) is 0. The van der Waals surface area contributed by atoms with Crippen LogP contribution < -0.4 is 0 Å². The Labute approximate surface area is 150 Å². The lowest BCUT2D eigenvalue weighted by Gasteiger charge is -2.38. The molecule has 24 heavy (non-hydrogen) atoms. The monoisotopic (exact) mass is 376 g/mol. The molecular weight excluding hydrogens is 339 g/mol. The van der Waals surface area contributed by atoms with Crippen LogP contribution in [-0.2, 0) is 10.1 Å². The first-order valence-electron chi connectivity index (χ1n) is 10.2. The lowest BCUT2D eigenvalue weighted by atomic mass is 9.99. The Bertz CT molecular complexity index is 383. The summed E-state index contributed by atoms with van der Waals surface area (Å²) in [5.41, 5.74) is 3.68. The van der Waals surface area contributed by atoms with E-state index in [-0.39, 0.29) is 7.92 Å². The third-order valence-corrected chi connectivity index (χ3v) is 10.8. The van der Waals surface area contributed by atoms with Crippen molar-refractivity contribution in [2.75, 3.05) is 6.26 Å². The summed E-state index contributed by atoms with van der Waals surface area (Å²) in [4.78, 5) is 0. The van der Waals surface area contributed by atoms with Crippen molar-refractivity contribution in [1.29, 1.82) is 0 Å². The summed E-state index contributed by atoms with van der Waals surface area (Å²) in [6.45, 7) is 0. The van der Waals surface area contributed by atoms with Crippen LogP contribution in [0.5, 0.6) is 0 Å². The first-order chi connectivity index (χ1) is 11.4. The van der Waals surface area contributed by atoms with Gasteiger partial charge in [-0.15, -0.1) is 0 Å². The highest BCUT2D eigenvalue weighted by atomic mass is 32.2. The third kappa shape index (κ3) is 7.70. The molecule has 3 aliphatic carbocycles. The molecule has 0 radical (unpaired) electrons. The van der Waals surface area contributed by atoms with E-state index < -0.39 is 10.1 Å². The van der Waals surface area contributed by atoms with Crippen LogP contribution >= 0.6 is 7.92 Å². The average Bonchev–Trinajstić information content (AvgIpc) is 2.57. The predicted octanol–water partition coefficient (Wildman–Crippen LogP) is 5.36. The van der Waals surface area contributed by atoms with Crippen molar-refractivity contribution in [1.82, 2.24) is 0 Å². The van der Waals surface area contributed by atoms with Crippen LogP contribution in [0.15, 0.2) is 0 Å². The SMILES string of the molecule is C1CCC([PH+](C2CCCCC2)C2CCCCC2)CC1.CS(=O)(=O)[O-]. The van der Waals surface area contributed by atoms with Crippen LogP contribution in [0.1, 0.15) is 96.3 Å². The van der Waals surface area contributed by atoms with E-state index in [1.165, 1.54) is 17.0 Å². The first-order valence-corrected chi connectivity index (χ1v) is 13.8. The second-order valence-corrected chi connectivity index (χ2v) is 13.1. The van der Waals surface area contributed by atoms with Crippen LogP contribution in [0.25, 0.3) is 0 Å². The van der Waals surface area contributed by atoms with E-state index in [0.717, 1.165) is 0 Å². The Morgan fingerprint density at radius 2 is 0.833 bits per heavy atom. The maximum Gasteiger partial charge on any atom is 0.0916 e. The summed E-state index contributed by atoms with van der Waals surface area (Å²) in [6, 6.07) is 0. The fourth-order valence-corrected chi connectivity index (χ4v) is 10.5. The van der Waals surface area contributed by atoms with E-state index in [0.29, 0.717) is 6.26 Å². The fraction of sp³-hybridized carbons (Fsp3) is 1.00. The molecule has 3 nitrogen and oxygen atoms in total. The van der Waals surface area contributed by atoms with Gasteiger partial charge in [0.05, 0.1) is 27.1 Å². The van der Waals surface area contributed by atoms with E-state index in [1.54, 1.807) is 96.3 Å². The lowest BCUT2D eigenvalue weighted by molar-refractivity contribution is 0.460. The molecule has 3 rings (SSSR count). The van der Waals surface area contributed by atoms with Crippen molar-refractivity contribution >= 4 is 18.0 Å². The lowest BCUT2D eigenvalue weighted by Crippen LogP contribution is -2.28. The van der Waals surface area contributed by atoms with Gasteiger partial charge in [0, 0.05) is 14.2 Å². The van der Waals surface area contributed by atoms with Crippen LogP contribution in [0.3, 0.4) is 0 Å². The van der Waals surface area contributed by atoms with E-state index in [2.05, 4.69) is 0 Å². The van der Waals surface area contributed by atoms with Gasteiger partial charge in [0.1, 0.15) is 0 Å². The number of rotatable bonds is 3. The second-order valence-electron chi connectivity index (χ2n) is 8.21. The molecule has 0 aromatic heterocycles. The standard InChI is InChI=1S/C18H33P.CH4O3S/c1-4-10-16(11-5-1)19(17-12-6-2-7-13-17)18-14-8-3-9-15-18;1-5(2,3)4/h16-18H,1-15H2;1H3,(H,2,3,4). The Morgan fingerprint density at radius 1 is 0.625 bits per heavy atom. The minimum absolute atomic E-state index is 0.0465. The van der Waals surface area contributed by atoms with Gasteiger partial charge in [-0.25, -0.2) is 8.42 Å². The van der Waals surface area contributed by atoms with Crippen LogP contribution in [0, 0.1) is 0 Å². The normalized spacial score (nSPS) is 25.3. The predicted molar refractivity (Wildman–Crippen MR) is 105 cm³/mol. The third-order valence-electron chi connectivity index (χ3n) is 6.23. The molecule has 3 saturated carbocycles. The van der Waals surface area contributed by atoms with Gasteiger partial charge in [0.2, 0.25) is 0 Å². The minimum Gasteiger partial charge on any atom is -0.748 e. The van der Waals surface area contributed by atoms with Crippen LogP contribution in [-0.4, -0.2) is 36.2 Å². The van der Waals surface area contributed by atoms with E-state index >= 15 is 0 Å². The van der Waals surface area contributed by atoms with Gasteiger partial charge in [-0.3, -0.25) is 0 Å². The maximum absolute atomic E-state index is 9.08. The van der Waals surface area contributed by atoms with Crippen molar-refractivity contribution in [2.24, 2.45) is 0 Å². The molecule has 3 fully saturated rings. The molecule has 0 spiro atoms. The zero-order valence-electron chi connectivity index (χ0n) is 15.5. The zero-order chi connectivity index (χ0) is 17.4. The maximum atomic E-state index is 9.08. The Morgan fingerprint density at radius 3 is 1.04 bits per heavy atom. The summed E-state index contributed by atoms with van der Waals surface area (Å²) in [5, 5.41) is 0. The summed E-state index contributed by atoms with van der Waals surface area (Å²) in [7, 11) is -3.96. The van der Waals surface area contributed by atoms with Gasteiger partial charge in [-0.1, -0.05) is 19.3 Å². The van der Waals surface area contributed by atoms with Gasteiger partial charge in [-0.2, -0.15) is 0 Å². The largest absolute Gasteiger partial charge is 0.748 e. The Hall–Kier alpha value is 0.340. The molecule has 0 amide bonds. The molecule has 0 N–H and O–H groups in total. The summed E-state index contributed by atoms with van der Waals surface area (Å²) in [5.74, 6) is 0. The highest BCUT2D eigenvalue weighted by molar-refractivity contribution is 7.84. The Balaban J connectivity index is 0.000000368. The molecule has 0 aromatic carbocycles. The topological polar surface area (TPSA) is 57.2 Å². The van der Waals surface area contributed by atoms with Crippen molar-refractivity contribution < 1.29 is 13.0 Å². The molecule has 0 bridgehead atoms. The van der Waals surface area contributed by atoms with Crippen molar-refractivity contribution in [2.45, 2.75) is 113 Å². The molecule has 0 unspecified atom stereocenters. The van der Waals surface area contributed by atoms with Gasteiger partial charge in [-0.05, 0) is 77.0 Å².